The lowest BCUT2D eigenvalue weighted by Crippen LogP contribution is -1.98. The SMILES string of the molecule is COc1ccc(-c2ncc(C(=O)O)cc2Br)cc1. The molecule has 2 rings (SSSR count). The minimum atomic E-state index is -0.996. The Morgan fingerprint density at radius 2 is 2.00 bits per heavy atom. The number of aromatic nitrogens is 1. The van der Waals surface area contributed by atoms with E-state index in [4.69, 9.17) is 9.84 Å². The number of aromatic carboxylic acids is 1. The van der Waals surface area contributed by atoms with Crippen molar-refractivity contribution in [3.05, 3.63) is 46.6 Å². The molecule has 92 valence electrons. The van der Waals surface area contributed by atoms with E-state index >= 15 is 0 Å². The van der Waals surface area contributed by atoms with Crippen molar-refractivity contribution < 1.29 is 14.6 Å². The Hall–Kier alpha value is -1.88. The minimum absolute atomic E-state index is 0.152. The fourth-order valence-electron chi connectivity index (χ4n) is 1.52. The molecule has 2 aromatic rings. The summed E-state index contributed by atoms with van der Waals surface area (Å²) >= 11 is 3.33. The minimum Gasteiger partial charge on any atom is -0.497 e. The molecule has 0 atom stereocenters. The number of benzene rings is 1. The van der Waals surface area contributed by atoms with E-state index in [9.17, 15) is 4.79 Å². The molecule has 0 bridgehead atoms. The fraction of sp³-hybridized carbons (Fsp3) is 0.0769. The van der Waals surface area contributed by atoms with E-state index in [0.717, 1.165) is 11.3 Å². The van der Waals surface area contributed by atoms with Gasteiger partial charge < -0.3 is 9.84 Å². The van der Waals surface area contributed by atoms with Gasteiger partial charge in [-0.05, 0) is 46.3 Å². The van der Waals surface area contributed by atoms with Crippen LogP contribution in [0.3, 0.4) is 0 Å². The summed E-state index contributed by atoms with van der Waals surface area (Å²) in [7, 11) is 1.60. The molecule has 0 unspecified atom stereocenters. The third-order valence-electron chi connectivity index (χ3n) is 2.45. The molecule has 0 aliphatic carbocycles. The first-order chi connectivity index (χ1) is 8.61. The maximum Gasteiger partial charge on any atom is 0.337 e. The molecule has 0 amide bonds. The highest BCUT2D eigenvalue weighted by Crippen LogP contribution is 2.28. The molecule has 1 N–H and O–H groups in total. The van der Waals surface area contributed by atoms with Crippen LogP contribution in [0.4, 0.5) is 0 Å². The van der Waals surface area contributed by atoms with Gasteiger partial charge in [-0.1, -0.05) is 0 Å². The number of methoxy groups -OCH3 is 1. The van der Waals surface area contributed by atoms with Gasteiger partial charge in [0.1, 0.15) is 5.75 Å². The predicted octanol–water partition coefficient (Wildman–Crippen LogP) is 3.22. The standard InChI is InChI=1S/C13H10BrNO3/c1-18-10-4-2-8(3-5-10)12-11(14)6-9(7-15-12)13(16)17/h2-7H,1H3,(H,16,17). The maximum atomic E-state index is 10.8. The normalized spacial score (nSPS) is 10.1. The van der Waals surface area contributed by atoms with Crippen LogP contribution < -0.4 is 4.74 Å². The first kappa shape index (κ1) is 12.6. The van der Waals surface area contributed by atoms with Gasteiger partial charge in [0.25, 0.3) is 0 Å². The van der Waals surface area contributed by atoms with Crippen LogP contribution in [0.15, 0.2) is 41.0 Å². The molecule has 18 heavy (non-hydrogen) atoms. The summed E-state index contributed by atoms with van der Waals surface area (Å²) in [4.78, 5) is 15.0. The fourth-order valence-corrected chi connectivity index (χ4v) is 2.09. The molecule has 0 aliphatic heterocycles. The number of nitrogens with zero attached hydrogens (tertiary/aromatic N) is 1. The molecule has 0 saturated carbocycles. The third-order valence-corrected chi connectivity index (χ3v) is 3.06. The number of hydrogen-bond donors (Lipinski definition) is 1. The van der Waals surface area contributed by atoms with Crippen molar-refractivity contribution in [2.75, 3.05) is 7.11 Å². The molecule has 0 radical (unpaired) electrons. The van der Waals surface area contributed by atoms with E-state index in [-0.39, 0.29) is 5.56 Å². The van der Waals surface area contributed by atoms with Crippen LogP contribution in [0, 0.1) is 0 Å². The van der Waals surface area contributed by atoms with Crippen molar-refractivity contribution in [1.29, 1.82) is 0 Å². The average molecular weight is 308 g/mol. The van der Waals surface area contributed by atoms with Crippen LogP contribution in [0.1, 0.15) is 10.4 Å². The number of rotatable bonds is 3. The second-order valence-electron chi connectivity index (χ2n) is 3.59. The number of halogens is 1. The Balaban J connectivity index is 2.41. The second kappa shape index (κ2) is 5.18. The van der Waals surface area contributed by atoms with Gasteiger partial charge in [-0.3, -0.25) is 4.98 Å². The molecule has 0 spiro atoms. The lowest BCUT2D eigenvalue weighted by atomic mass is 10.1. The van der Waals surface area contributed by atoms with E-state index < -0.39 is 5.97 Å². The molecule has 1 heterocycles. The summed E-state index contributed by atoms with van der Waals surface area (Å²) in [5, 5.41) is 8.86. The summed E-state index contributed by atoms with van der Waals surface area (Å²) in [6.45, 7) is 0. The van der Waals surface area contributed by atoms with Crippen LogP contribution >= 0.6 is 15.9 Å². The largest absolute Gasteiger partial charge is 0.497 e. The topological polar surface area (TPSA) is 59.4 Å². The van der Waals surface area contributed by atoms with E-state index in [2.05, 4.69) is 20.9 Å². The van der Waals surface area contributed by atoms with Crippen molar-refractivity contribution in [2.24, 2.45) is 0 Å². The summed E-state index contributed by atoms with van der Waals surface area (Å²) in [5.41, 5.74) is 1.74. The Bertz CT molecular complexity index is 581. The Morgan fingerprint density at radius 3 is 2.50 bits per heavy atom. The van der Waals surface area contributed by atoms with Crippen molar-refractivity contribution >= 4 is 21.9 Å². The number of pyridine rings is 1. The maximum absolute atomic E-state index is 10.8. The molecule has 1 aromatic carbocycles. The molecule has 1 aromatic heterocycles. The van der Waals surface area contributed by atoms with Gasteiger partial charge in [0.15, 0.2) is 0 Å². The highest BCUT2D eigenvalue weighted by atomic mass is 79.9. The van der Waals surface area contributed by atoms with E-state index in [1.807, 2.05) is 24.3 Å². The highest BCUT2D eigenvalue weighted by Gasteiger charge is 2.09. The highest BCUT2D eigenvalue weighted by molar-refractivity contribution is 9.10. The van der Waals surface area contributed by atoms with Gasteiger partial charge >= 0.3 is 5.97 Å². The number of ether oxygens (including phenoxy) is 1. The first-order valence-electron chi connectivity index (χ1n) is 5.15. The predicted molar refractivity (Wildman–Crippen MR) is 70.9 cm³/mol. The van der Waals surface area contributed by atoms with Crippen LogP contribution in [-0.4, -0.2) is 23.2 Å². The molecule has 4 nitrogen and oxygen atoms in total. The Labute approximate surface area is 112 Å². The second-order valence-corrected chi connectivity index (χ2v) is 4.44. The smallest absolute Gasteiger partial charge is 0.337 e. The summed E-state index contributed by atoms with van der Waals surface area (Å²) in [5.74, 6) is -0.235. The lowest BCUT2D eigenvalue weighted by Gasteiger charge is -2.06. The van der Waals surface area contributed by atoms with Crippen LogP contribution in [0.25, 0.3) is 11.3 Å². The van der Waals surface area contributed by atoms with Crippen molar-refractivity contribution in [3.8, 4) is 17.0 Å². The van der Waals surface area contributed by atoms with E-state index in [1.54, 1.807) is 7.11 Å². The molecular weight excluding hydrogens is 298 g/mol. The van der Waals surface area contributed by atoms with Gasteiger partial charge in [-0.15, -0.1) is 0 Å². The van der Waals surface area contributed by atoms with Crippen LogP contribution in [-0.2, 0) is 0 Å². The molecule has 0 aliphatic rings. The summed E-state index contributed by atoms with van der Waals surface area (Å²) in [6, 6.07) is 8.93. The molecule has 0 fully saturated rings. The number of carboxylic acids is 1. The number of carboxylic acid groups (broad SMARTS) is 1. The van der Waals surface area contributed by atoms with Crippen molar-refractivity contribution in [1.82, 2.24) is 4.98 Å². The zero-order valence-corrected chi connectivity index (χ0v) is 11.1. The Morgan fingerprint density at radius 1 is 1.33 bits per heavy atom. The zero-order valence-electron chi connectivity index (χ0n) is 9.55. The number of hydrogen-bond acceptors (Lipinski definition) is 3. The van der Waals surface area contributed by atoms with Gasteiger partial charge in [0, 0.05) is 16.2 Å². The third kappa shape index (κ3) is 2.51. The Kier molecular flexibility index (Phi) is 3.62. The van der Waals surface area contributed by atoms with Gasteiger partial charge in [0.05, 0.1) is 18.4 Å². The average Bonchev–Trinajstić information content (AvgIpc) is 2.38. The van der Waals surface area contributed by atoms with Crippen LogP contribution in [0.5, 0.6) is 5.75 Å². The first-order valence-corrected chi connectivity index (χ1v) is 5.94. The molecule has 0 saturated heterocycles. The number of carbonyl (C=O) groups is 1. The van der Waals surface area contributed by atoms with Crippen molar-refractivity contribution in [2.45, 2.75) is 0 Å². The van der Waals surface area contributed by atoms with Crippen molar-refractivity contribution in [3.63, 3.8) is 0 Å². The molecular formula is C13H10BrNO3. The van der Waals surface area contributed by atoms with E-state index in [1.165, 1.54) is 12.3 Å². The van der Waals surface area contributed by atoms with Gasteiger partial charge in [-0.25, -0.2) is 4.79 Å². The lowest BCUT2D eigenvalue weighted by molar-refractivity contribution is 0.0696. The van der Waals surface area contributed by atoms with Gasteiger partial charge in [-0.2, -0.15) is 0 Å². The summed E-state index contributed by atoms with van der Waals surface area (Å²) in [6.07, 6.45) is 1.34. The zero-order chi connectivity index (χ0) is 13.1. The molecule has 5 heteroatoms. The van der Waals surface area contributed by atoms with Gasteiger partial charge in [0.2, 0.25) is 0 Å². The van der Waals surface area contributed by atoms with Crippen LogP contribution in [0.2, 0.25) is 0 Å². The van der Waals surface area contributed by atoms with E-state index in [0.29, 0.717) is 10.2 Å². The quantitative estimate of drug-likeness (QED) is 0.946. The summed E-state index contributed by atoms with van der Waals surface area (Å²) < 4.78 is 5.72. The monoisotopic (exact) mass is 307 g/mol.